The van der Waals surface area contributed by atoms with Crippen molar-refractivity contribution < 1.29 is 4.74 Å². The second kappa shape index (κ2) is 5.35. The number of hydrogen-bond donors (Lipinski definition) is 1. The van der Waals surface area contributed by atoms with Gasteiger partial charge in [-0.2, -0.15) is 0 Å². The first-order chi connectivity index (χ1) is 10.8. The van der Waals surface area contributed by atoms with Crippen LogP contribution < -0.4 is 4.74 Å². The van der Waals surface area contributed by atoms with Crippen LogP contribution in [0.3, 0.4) is 0 Å². The van der Waals surface area contributed by atoms with Crippen molar-refractivity contribution in [1.82, 2.24) is 9.97 Å². The van der Waals surface area contributed by atoms with Gasteiger partial charge in [0, 0.05) is 5.39 Å². The first-order valence-electron chi connectivity index (χ1n) is 7.05. The minimum Gasteiger partial charge on any atom is -0.484 e. The molecule has 108 valence electrons. The maximum Gasteiger partial charge on any atom is 0.146 e. The molecule has 1 N–H and O–H groups in total. The predicted octanol–water partition coefficient (Wildman–Crippen LogP) is 4.95. The molecular weight excluding hydrogens is 296 g/mol. The van der Waals surface area contributed by atoms with Crippen LogP contribution in [0.5, 0.6) is 5.75 Å². The Morgan fingerprint density at radius 1 is 0.955 bits per heavy atom. The van der Waals surface area contributed by atoms with Crippen molar-refractivity contribution in [2.24, 2.45) is 0 Å². The molecule has 0 radical (unpaired) electrons. The highest BCUT2D eigenvalue weighted by Gasteiger charge is 2.08. The van der Waals surface area contributed by atoms with Gasteiger partial charge in [0.1, 0.15) is 18.2 Å². The minimum atomic E-state index is 0.354. The molecule has 0 saturated heterocycles. The SMILES string of the molecule is Clc1c(OCc2nc3ccccc3[nH]2)ccc2ccccc12. The number of para-hydroxylation sites is 2. The molecule has 0 amide bonds. The lowest BCUT2D eigenvalue weighted by Crippen LogP contribution is -1.98. The van der Waals surface area contributed by atoms with Crippen LogP contribution in [0.15, 0.2) is 60.7 Å². The third-order valence-corrected chi connectivity index (χ3v) is 4.02. The number of benzene rings is 3. The molecule has 4 heteroatoms. The van der Waals surface area contributed by atoms with Crippen LogP contribution in [0.1, 0.15) is 5.82 Å². The molecule has 0 fully saturated rings. The molecule has 0 aliphatic rings. The number of nitrogens with one attached hydrogen (secondary N) is 1. The quantitative estimate of drug-likeness (QED) is 0.581. The summed E-state index contributed by atoms with van der Waals surface area (Å²) < 4.78 is 5.83. The van der Waals surface area contributed by atoms with Gasteiger partial charge >= 0.3 is 0 Å². The number of imidazole rings is 1. The molecule has 0 spiro atoms. The normalized spacial score (nSPS) is 11.1. The van der Waals surface area contributed by atoms with Crippen LogP contribution in [0, 0.1) is 0 Å². The largest absolute Gasteiger partial charge is 0.484 e. The number of halogens is 1. The molecule has 0 saturated carbocycles. The van der Waals surface area contributed by atoms with Gasteiger partial charge in [-0.3, -0.25) is 0 Å². The van der Waals surface area contributed by atoms with E-state index in [0.29, 0.717) is 17.4 Å². The van der Waals surface area contributed by atoms with Crippen molar-refractivity contribution >= 4 is 33.4 Å². The summed E-state index contributed by atoms with van der Waals surface area (Å²) >= 11 is 6.43. The van der Waals surface area contributed by atoms with Gasteiger partial charge in [0.15, 0.2) is 0 Å². The zero-order chi connectivity index (χ0) is 14.9. The topological polar surface area (TPSA) is 37.9 Å². The second-order valence-corrected chi connectivity index (χ2v) is 5.47. The monoisotopic (exact) mass is 308 g/mol. The van der Waals surface area contributed by atoms with Crippen molar-refractivity contribution in [3.8, 4) is 5.75 Å². The summed E-state index contributed by atoms with van der Waals surface area (Å²) in [7, 11) is 0. The number of hydrogen-bond acceptors (Lipinski definition) is 2. The summed E-state index contributed by atoms with van der Waals surface area (Å²) in [6.45, 7) is 0.354. The van der Waals surface area contributed by atoms with E-state index in [1.165, 1.54) is 0 Å². The van der Waals surface area contributed by atoms with E-state index in [9.17, 15) is 0 Å². The standard InChI is InChI=1S/C18H13ClN2O/c19-18-13-6-2-1-5-12(13)9-10-16(18)22-11-17-20-14-7-3-4-8-15(14)21-17/h1-10H,11H2,(H,20,21). The predicted molar refractivity (Wildman–Crippen MR) is 89.4 cm³/mol. The lowest BCUT2D eigenvalue weighted by Gasteiger charge is -2.08. The zero-order valence-corrected chi connectivity index (χ0v) is 12.5. The van der Waals surface area contributed by atoms with Gasteiger partial charge in [0.25, 0.3) is 0 Å². The van der Waals surface area contributed by atoms with E-state index in [0.717, 1.165) is 27.6 Å². The summed E-state index contributed by atoms with van der Waals surface area (Å²) in [5, 5.41) is 2.73. The summed E-state index contributed by atoms with van der Waals surface area (Å²) in [5.41, 5.74) is 1.94. The van der Waals surface area contributed by atoms with Crippen molar-refractivity contribution in [3.63, 3.8) is 0 Å². The zero-order valence-electron chi connectivity index (χ0n) is 11.7. The van der Waals surface area contributed by atoms with E-state index in [1.54, 1.807) is 0 Å². The first-order valence-corrected chi connectivity index (χ1v) is 7.43. The Morgan fingerprint density at radius 2 is 1.77 bits per heavy atom. The number of aromatic nitrogens is 2. The molecule has 0 atom stereocenters. The Balaban J connectivity index is 1.62. The fourth-order valence-electron chi connectivity index (χ4n) is 2.55. The van der Waals surface area contributed by atoms with Gasteiger partial charge in [-0.1, -0.05) is 54.1 Å². The Bertz CT molecular complexity index is 929. The Kier molecular flexibility index (Phi) is 3.20. The highest BCUT2D eigenvalue weighted by molar-refractivity contribution is 6.37. The van der Waals surface area contributed by atoms with Crippen LogP contribution in [0.2, 0.25) is 5.02 Å². The van der Waals surface area contributed by atoms with Crippen molar-refractivity contribution in [2.75, 3.05) is 0 Å². The maximum absolute atomic E-state index is 6.43. The average Bonchev–Trinajstić information content (AvgIpc) is 2.97. The molecule has 0 aliphatic carbocycles. The summed E-state index contributed by atoms with van der Waals surface area (Å²) in [5.74, 6) is 1.45. The van der Waals surface area contributed by atoms with E-state index in [2.05, 4.69) is 9.97 Å². The van der Waals surface area contributed by atoms with Gasteiger partial charge in [-0.25, -0.2) is 4.98 Å². The van der Waals surface area contributed by atoms with E-state index >= 15 is 0 Å². The number of rotatable bonds is 3. The summed E-state index contributed by atoms with van der Waals surface area (Å²) in [4.78, 5) is 7.74. The molecule has 4 aromatic rings. The van der Waals surface area contributed by atoms with Gasteiger partial charge in [-0.15, -0.1) is 0 Å². The number of H-pyrrole nitrogens is 1. The molecule has 22 heavy (non-hydrogen) atoms. The maximum atomic E-state index is 6.43. The van der Waals surface area contributed by atoms with E-state index < -0.39 is 0 Å². The second-order valence-electron chi connectivity index (χ2n) is 5.09. The molecule has 0 aliphatic heterocycles. The van der Waals surface area contributed by atoms with Crippen LogP contribution in [0.25, 0.3) is 21.8 Å². The van der Waals surface area contributed by atoms with Crippen molar-refractivity contribution in [3.05, 3.63) is 71.5 Å². The average molecular weight is 309 g/mol. The Hall–Kier alpha value is -2.52. The summed E-state index contributed by atoms with van der Waals surface area (Å²) in [6.07, 6.45) is 0. The lowest BCUT2D eigenvalue weighted by atomic mass is 10.1. The van der Waals surface area contributed by atoms with Crippen LogP contribution >= 0.6 is 11.6 Å². The number of aromatic amines is 1. The molecule has 3 nitrogen and oxygen atoms in total. The molecule has 0 unspecified atom stereocenters. The van der Waals surface area contributed by atoms with Gasteiger partial charge in [0.2, 0.25) is 0 Å². The van der Waals surface area contributed by atoms with Crippen molar-refractivity contribution in [1.29, 1.82) is 0 Å². The van der Waals surface area contributed by atoms with Gasteiger partial charge < -0.3 is 9.72 Å². The smallest absolute Gasteiger partial charge is 0.146 e. The third-order valence-electron chi connectivity index (χ3n) is 3.63. The van der Waals surface area contributed by atoms with Crippen LogP contribution in [-0.4, -0.2) is 9.97 Å². The Labute approximate surface area is 132 Å². The van der Waals surface area contributed by atoms with Gasteiger partial charge in [0.05, 0.1) is 16.1 Å². The van der Waals surface area contributed by atoms with E-state index in [1.807, 2.05) is 60.7 Å². The fraction of sp³-hybridized carbons (Fsp3) is 0.0556. The molecule has 0 bridgehead atoms. The lowest BCUT2D eigenvalue weighted by molar-refractivity contribution is 0.298. The molecular formula is C18H13ClN2O. The number of nitrogens with zero attached hydrogens (tertiary/aromatic N) is 1. The number of ether oxygens (including phenoxy) is 1. The Morgan fingerprint density at radius 3 is 2.68 bits per heavy atom. The molecule has 1 aromatic heterocycles. The van der Waals surface area contributed by atoms with Crippen LogP contribution in [0.4, 0.5) is 0 Å². The molecule has 3 aromatic carbocycles. The van der Waals surface area contributed by atoms with E-state index in [-0.39, 0.29) is 0 Å². The highest BCUT2D eigenvalue weighted by Crippen LogP contribution is 2.33. The number of fused-ring (bicyclic) bond motifs is 2. The van der Waals surface area contributed by atoms with Crippen LogP contribution in [-0.2, 0) is 6.61 Å². The third kappa shape index (κ3) is 2.30. The molecule has 4 rings (SSSR count). The van der Waals surface area contributed by atoms with Crippen molar-refractivity contribution in [2.45, 2.75) is 6.61 Å². The molecule has 1 heterocycles. The first kappa shape index (κ1) is 13.2. The van der Waals surface area contributed by atoms with Gasteiger partial charge in [-0.05, 0) is 23.6 Å². The minimum absolute atomic E-state index is 0.354. The summed E-state index contributed by atoms with van der Waals surface area (Å²) in [6, 6.07) is 19.8. The fourth-order valence-corrected chi connectivity index (χ4v) is 2.83. The van der Waals surface area contributed by atoms with E-state index in [4.69, 9.17) is 16.3 Å². The highest BCUT2D eigenvalue weighted by atomic mass is 35.5.